The minimum atomic E-state index is -0.483. The van der Waals surface area contributed by atoms with Crippen LogP contribution in [0.5, 0.6) is 0 Å². The smallest absolute Gasteiger partial charge is 0.252 e. The van der Waals surface area contributed by atoms with Crippen LogP contribution in [-0.2, 0) is 5.54 Å². The highest BCUT2D eigenvalue weighted by Crippen LogP contribution is 2.25. The van der Waals surface area contributed by atoms with Gasteiger partial charge < -0.3 is 4.85 Å². The second-order valence-corrected chi connectivity index (χ2v) is 4.17. The van der Waals surface area contributed by atoms with Gasteiger partial charge in [-0.2, -0.15) is 5.10 Å². The van der Waals surface area contributed by atoms with E-state index in [-0.39, 0.29) is 0 Å². The maximum absolute atomic E-state index is 7.19. The molecule has 2 aromatic rings. The van der Waals surface area contributed by atoms with Gasteiger partial charge in [0.25, 0.3) is 5.54 Å². The zero-order valence-corrected chi connectivity index (χ0v) is 9.38. The van der Waals surface area contributed by atoms with E-state index < -0.39 is 5.54 Å². The third-order valence-electron chi connectivity index (χ3n) is 2.60. The Morgan fingerprint density at radius 2 is 2.12 bits per heavy atom. The lowest BCUT2D eigenvalue weighted by atomic mass is 9.95. The van der Waals surface area contributed by atoms with Crippen LogP contribution >= 0.6 is 0 Å². The molecule has 0 unspecified atom stereocenters. The van der Waals surface area contributed by atoms with Crippen LogP contribution in [0.1, 0.15) is 19.4 Å². The molecule has 0 amide bonds. The summed E-state index contributed by atoms with van der Waals surface area (Å²) in [4.78, 5) is 3.63. The molecule has 0 aliphatic carbocycles. The number of benzene rings is 1. The Bertz CT molecular complexity index is 518. The highest BCUT2D eigenvalue weighted by atomic mass is 15.3. The van der Waals surface area contributed by atoms with Crippen LogP contribution in [0, 0.1) is 6.57 Å². The van der Waals surface area contributed by atoms with Gasteiger partial charge in [0.2, 0.25) is 0 Å². The highest BCUT2D eigenvalue weighted by Gasteiger charge is 2.25. The van der Waals surface area contributed by atoms with E-state index >= 15 is 0 Å². The average molecular weight is 211 g/mol. The van der Waals surface area contributed by atoms with Crippen LogP contribution in [0.4, 0.5) is 0 Å². The molecule has 16 heavy (non-hydrogen) atoms. The van der Waals surface area contributed by atoms with Gasteiger partial charge in [-0.05, 0) is 18.2 Å². The first kappa shape index (κ1) is 10.4. The fraction of sp³-hybridized carbons (Fsp3) is 0.231. The minimum Gasteiger partial charge on any atom is -0.306 e. The van der Waals surface area contributed by atoms with Gasteiger partial charge in [-0.3, -0.25) is 0 Å². The van der Waals surface area contributed by atoms with Crippen LogP contribution in [0.25, 0.3) is 10.5 Å². The van der Waals surface area contributed by atoms with E-state index in [9.17, 15) is 0 Å². The number of nitrogens with zero attached hydrogens (tertiary/aromatic N) is 3. The molecule has 3 heteroatoms. The standard InChI is InChI=1S/C13H13N3/c1-13(2,14-3)11-6-4-7-12(10-11)16-9-5-8-15-16/h4-10H,1-2H3. The predicted molar refractivity (Wildman–Crippen MR) is 63.2 cm³/mol. The summed E-state index contributed by atoms with van der Waals surface area (Å²) in [6.45, 7) is 11.0. The highest BCUT2D eigenvalue weighted by molar-refractivity contribution is 5.39. The van der Waals surface area contributed by atoms with Crippen LogP contribution in [0.3, 0.4) is 0 Å². The van der Waals surface area contributed by atoms with E-state index in [0.29, 0.717) is 0 Å². The lowest BCUT2D eigenvalue weighted by molar-refractivity contribution is 0.662. The van der Waals surface area contributed by atoms with E-state index in [0.717, 1.165) is 11.3 Å². The van der Waals surface area contributed by atoms with Gasteiger partial charge in [-0.25, -0.2) is 11.3 Å². The van der Waals surface area contributed by atoms with Gasteiger partial charge in [-0.1, -0.05) is 12.1 Å². The first-order chi connectivity index (χ1) is 7.63. The first-order valence-electron chi connectivity index (χ1n) is 5.13. The Hall–Kier alpha value is -2.08. The minimum absolute atomic E-state index is 0.483. The van der Waals surface area contributed by atoms with E-state index in [1.54, 1.807) is 10.9 Å². The van der Waals surface area contributed by atoms with Crippen molar-refractivity contribution in [2.75, 3.05) is 0 Å². The van der Waals surface area contributed by atoms with Crippen molar-refractivity contribution in [3.05, 3.63) is 59.7 Å². The average Bonchev–Trinajstić information content (AvgIpc) is 2.83. The Balaban J connectivity index is 2.46. The molecular formula is C13H13N3. The summed E-state index contributed by atoms with van der Waals surface area (Å²) in [5.74, 6) is 0. The van der Waals surface area contributed by atoms with E-state index in [4.69, 9.17) is 6.57 Å². The Morgan fingerprint density at radius 3 is 2.75 bits per heavy atom. The molecule has 0 saturated carbocycles. The van der Waals surface area contributed by atoms with Crippen molar-refractivity contribution in [3.63, 3.8) is 0 Å². The Labute approximate surface area is 95.2 Å². The van der Waals surface area contributed by atoms with E-state index in [1.165, 1.54) is 0 Å². The molecule has 0 saturated heterocycles. The normalized spacial score (nSPS) is 11.1. The zero-order valence-electron chi connectivity index (χ0n) is 9.38. The predicted octanol–water partition coefficient (Wildman–Crippen LogP) is 3.03. The summed E-state index contributed by atoms with van der Waals surface area (Å²) >= 11 is 0. The molecule has 0 N–H and O–H groups in total. The first-order valence-corrected chi connectivity index (χ1v) is 5.13. The summed E-state index contributed by atoms with van der Waals surface area (Å²) in [5.41, 5.74) is 1.51. The van der Waals surface area contributed by atoms with Gasteiger partial charge in [0.15, 0.2) is 0 Å². The third kappa shape index (κ3) is 1.82. The summed E-state index contributed by atoms with van der Waals surface area (Å²) in [5, 5.41) is 4.17. The molecule has 0 spiro atoms. The molecule has 0 aliphatic heterocycles. The number of aromatic nitrogens is 2. The fourth-order valence-electron chi connectivity index (χ4n) is 1.52. The van der Waals surface area contributed by atoms with Gasteiger partial charge in [-0.15, -0.1) is 0 Å². The summed E-state index contributed by atoms with van der Waals surface area (Å²) in [6.07, 6.45) is 3.64. The SMILES string of the molecule is [C-]#[N+]C(C)(C)c1cccc(-n2cccn2)c1. The maximum atomic E-state index is 7.19. The van der Waals surface area contributed by atoms with Crippen molar-refractivity contribution in [3.8, 4) is 5.69 Å². The van der Waals surface area contributed by atoms with Crippen molar-refractivity contribution in [1.82, 2.24) is 9.78 Å². The molecule has 1 heterocycles. The summed E-state index contributed by atoms with van der Waals surface area (Å²) in [7, 11) is 0. The molecule has 0 bridgehead atoms. The number of hydrogen-bond acceptors (Lipinski definition) is 1. The van der Waals surface area contributed by atoms with Crippen molar-refractivity contribution in [1.29, 1.82) is 0 Å². The molecule has 0 aliphatic rings. The van der Waals surface area contributed by atoms with Crippen molar-refractivity contribution in [2.45, 2.75) is 19.4 Å². The lowest BCUT2D eigenvalue weighted by Gasteiger charge is -2.12. The molecule has 0 fully saturated rings. The Morgan fingerprint density at radius 1 is 1.31 bits per heavy atom. The summed E-state index contributed by atoms with van der Waals surface area (Å²) in [6, 6.07) is 9.80. The largest absolute Gasteiger partial charge is 0.306 e. The Kier molecular flexibility index (Phi) is 2.49. The van der Waals surface area contributed by atoms with E-state index in [1.807, 2.05) is 50.4 Å². The zero-order chi connectivity index (χ0) is 11.6. The maximum Gasteiger partial charge on any atom is 0.252 e. The molecule has 0 atom stereocenters. The molecule has 80 valence electrons. The fourth-order valence-corrected chi connectivity index (χ4v) is 1.52. The van der Waals surface area contributed by atoms with Crippen LogP contribution in [-0.4, -0.2) is 9.78 Å². The van der Waals surface area contributed by atoms with Crippen LogP contribution in [0.2, 0.25) is 0 Å². The van der Waals surface area contributed by atoms with Gasteiger partial charge in [0.05, 0.1) is 5.69 Å². The number of hydrogen-bond donors (Lipinski definition) is 0. The van der Waals surface area contributed by atoms with Crippen molar-refractivity contribution < 1.29 is 0 Å². The quantitative estimate of drug-likeness (QED) is 0.700. The molecule has 1 aromatic heterocycles. The van der Waals surface area contributed by atoms with Gasteiger partial charge >= 0.3 is 0 Å². The number of rotatable bonds is 2. The van der Waals surface area contributed by atoms with Crippen LogP contribution < -0.4 is 0 Å². The second-order valence-electron chi connectivity index (χ2n) is 4.17. The molecule has 1 aromatic carbocycles. The van der Waals surface area contributed by atoms with Crippen molar-refractivity contribution in [2.24, 2.45) is 0 Å². The topological polar surface area (TPSA) is 22.2 Å². The summed E-state index contributed by atoms with van der Waals surface area (Å²) < 4.78 is 1.80. The lowest BCUT2D eigenvalue weighted by Crippen LogP contribution is -2.11. The second kappa shape index (κ2) is 3.82. The van der Waals surface area contributed by atoms with E-state index in [2.05, 4.69) is 9.94 Å². The van der Waals surface area contributed by atoms with Crippen LogP contribution in [0.15, 0.2) is 42.7 Å². The molecule has 0 radical (unpaired) electrons. The molecule has 2 rings (SSSR count). The van der Waals surface area contributed by atoms with Gasteiger partial charge in [0.1, 0.15) is 0 Å². The van der Waals surface area contributed by atoms with Crippen molar-refractivity contribution >= 4 is 0 Å². The molecule has 3 nitrogen and oxygen atoms in total. The monoisotopic (exact) mass is 211 g/mol. The third-order valence-corrected chi connectivity index (χ3v) is 2.60. The molecular weight excluding hydrogens is 198 g/mol. The van der Waals surface area contributed by atoms with Gasteiger partial charge in [0, 0.05) is 31.8 Å².